The van der Waals surface area contributed by atoms with Gasteiger partial charge in [0, 0.05) is 20.4 Å². The summed E-state index contributed by atoms with van der Waals surface area (Å²) in [4.78, 5) is 12.1. The van der Waals surface area contributed by atoms with E-state index in [9.17, 15) is 4.79 Å². The van der Waals surface area contributed by atoms with Crippen molar-refractivity contribution >= 4 is 5.78 Å². The van der Waals surface area contributed by atoms with Crippen molar-refractivity contribution in [2.45, 2.75) is 26.9 Å². The number of hydrogen-bond donors (Lipinski definition) is 0. The van der Waals surface area contributed by atoms with Crippen molar-refractivity contribution in [1.29, 1.82) is 0 Å². The Morgan fingerprint density at radius 2 is 2.13 bits per heavy atom. The quantitative estimate of drug-likeness (QED) is 0.713. The van der Waals surface area contributed by atoms with E-state index < -0.39 is 6.10 Å². The van der Waals surface area contributed by atoms with E-state index in [1.165, 1.54) is 0 Å². The van der Waals surface area contributed by atoms with Gasteiger partial charge >= 0.3 is 0 Å². The third kappa shape index (κ3) is 2.65. The summed E-state index contributed by atoms with van der Waals surface area (Å²) in [5.41, 5.74) is 0.390. The van der Waals surface area contributed by atoms with Crippen LogP contribution in [0.25, 0.3) is 0 Å². The average molecular weight is 210 g/mol. The molecule has 0 aliphatic heterocycles. The molecule has 1 atom stereocenters. The number of Topliss-reactive ketones (excluding diaryl/α,β-unsaturated/α-hetero) is 1. The summed E-state index contributed by atoms with van der Waals surface area (Å²) in [5, 5.41) is 3.98. The van der Waals surface area contributed by atoms with Gasteiger partial charge in [0.25, 0.3) is 0 Å². The molecule has 0 fully saturated rings. The van der Waals surface area contributed by atoms with Gasteiger partial charge < -0.3 is 4.74 Å². The zero-order valence-electron chi connectivity index (χ0n) is 9.94. The lowest BCUT2D eigenvalue weighted by molar-refractivity contribution is 0.0196. The number of carbonyl (C=O) groups excluding carboxylic acids is 1. The van der Waals surface area contributed by atoms with E-state index >= 15 is 0 Å². The molecule has 1 heterocycles. The molecule has 0 amide bonds. The first-order valence-electron chi connectivity index (χ1n) is 4.92. The average Bonchev–Trinajstić information content (AvgIpc) is 2.50. The molecule has 84 valence electrons. The van der Waals surface area contributed by atoms with Gasteiger partial charge in [-0.15, -0.1) is 0 Å². The molecule has 4 nitrogen and oxygen atoms in total. The summed E-state index contributed by atoms with van der Waals surface area (Å²) in [6.45, 7) is 5.94. The van der Waals surface area contributed by atoms with Gasteiger partial charge in [-0.05, 0) is 5.41 Å². The van der Waals surface area contributed by atoms with Crippen molar-refractivity contribution in [3.05, 3.63) is 18.0 Å². The number of aromatic nitrogens is 2. The number of methoxy groups -OCH3 is 1. The van der Waals surface area contributed by atoms with E-state index in [0.717, 1.165) is 0 Å². The summed E-state index contributed by atoms with van der Waals surface area (Å²) < 4.78 is 6.87. The maximum Gasteiger partial charge on any atom is 0.195 e. The maximum absolute atomic E-state index is 12.1. The predicted molar refractivity (Wildman–Crippen MR) is 57.8 cm³/mol. The van der Waals surface area contributed by atoms with Crippen LogP contribution < -0.4 is 0 Å². The fourth-order valence-electron chi connectivity index (χ4n) is 1.55. The van der Waals surface area contributed by atoms with Crippen molar-refractivity contribution < 1.29 is 9.53 Å². The first kappa shape index (κ1) is 11.9. The van der Waals surface area contributed by atoms with Crippen LogP contribution in [0.3, 0.4) is 0 Å². The number of ketones is 1. The Labute approximate surface area is 90.2 Å². The molecule has 0 spiro atoms. The lowest BCUT2D eigenvalue weighted by Crippen LogP contribution is -2.36. The van der Waals surface area contributed by atoms with Crippen LogP contribution in [0.5, 0.6) is 0 Å². The number of carbonyl (C=O) groups is 1. The van der Waals surface area contributed by atoms with Crippen LogP contribution in [0.1, 0.15) is 31.1 Å². The molecule has 0 aliphatic rings. The highest BCUT2D eigenvalue weighted by Gasteiger charge is 2.32. The normalized spacial score (nSPS) is 13.9. The molecule has 0 N–H and O–H groups in total. The first-order chi connectivity index (χ1) is 6.86. The number of ether oxygens (including phenoxy) is 1. The zero-order chi connectivity index (χ0) is 11.6. The Morgan fingerprint density at radius 1 is 1.53 bits per heavy atom. The molecular weight excluding hydrogens is 192 g/mol. The fourth-order valence-corrected chi connectivity index (χ4v) is 1.55. The van der Waals surface area contributed by atoms with E-state index in [2.05, 4.69) is 5.10 Å². The van der Waals surface area contributed by atoms with Gasteiger partial charge in [-0.2, -0.15) is 5.10 Å². The molecule has 0 saturated heterocycles. The topological polar surface area (TPSA) is 44.1 Å². The molecule has 1 aromatic heterocycles. The highest BCUT2D eigenvalue weighted by molar-refractivity contribution is 5.99. The second-order valence-corrected chi connectivity index (χ2v) is 4.75. The minimum absolute atomic E-state index is 0.0156. The Balaban J connectivity index is 2.92. The Bertz CT molecular complexity index is 350. The Kier molecular flexibility index (Phi) is 3.29. The molecule has 0 saturated carbocycles. The molecule has 0 aliphatic carbocycles. The van der Waals surface area contributed by atoms with Crippen molar-refractivity contribution in [3.63, 3.8) is 0 Å². The highest BCUT2D eigenvalue weighted by Crippen LogP contribution is 2.24. The standard InChI is InChI=1S/C11H18N2O2/c1-11(2,3)10(15-5)9(14)8-6-12-13(4)7-8/h6-7,10H,1-5H3. The molecule has 1 aromatic rings. The molecular formula is C11H18N2O2. The van der Waals surface area contributed by atoms with Crippen LogP contribution in [0.4, 0.5) is 0 Å². The molecule has 0 bridgehead atoms. The van der Waals surface area contributed by atoms with Gasteiger partial charge in [-0.25, -0.2) is 0 Å². The van der Waals surface area contributed by atoms with Crippen LogP contribution >= 0.6 is 0 Å². The van der Waals surface area contributed by atoms with Crippen molar-refractivity contribution in [2.75, 3.05) is 7.11 Å². The van der Waals surface area contributed by atoms with Gasteiger partial charge in [-0.1, -0.05) is 20.8 Å². The molecule has 1 unspecified atom stereocenters. The SMILES string of the molecule is COC(C(=O)c1cnn(C)c1)C(C)(C)C. The fraction of sp³-hybridized carbons (Fsp3) is 0.636. The second-order valence-electron chi connectivity index (χ2n) is 4.75. The van der Waals surface area contributed by atoms with Crippen molar-refractivity contribution in [3.8, 4) is 0 Å². The first-order valence-corrected chi connectivity index (χ1v) is 4.92. The van der Waals surface area contributed by atoms with Gasteiger partial charge in [0.1, 0.15) is 6.10 Å². The van der Waals surface area contributed by atoms with E-state index in [1.54, 1.807) is 31.2 Å². The van der Waals surface area contributed by atoms with Gasteiger partial charge in [0.2, 0.25) is 0 Å². The van der Waals surface area contributed by atoms with Crippen LogP contribution in [-0.4, -0.2) is 28.8 Å². The third-order valence-corrected chi connectivity index (χ3v) is 2.25. The number of rotatable bonds is 3. The monoisotopic (exact) mass is 210 g/mol. The second kappa shape index (κ2) is 4.14. The summed E-state index contributed by atoms with van der Waals surface area (Å²) in [7, 11) is 3.35. The number of hydrogen-bond acceptors (Lipinski definition) is 3. The van der Waals surface area contributed by atoms with E-state index in [0.29, 0.717) is 5.56 Å². The summed E-state index contributed by atoms with van der Waals surface area (Å²) in [6.07, 6.45) is 2.85. The smallest absolute Gasteiger partial charge is 0.195 e. The van der Waals surface area contributed by atoms with E-state index in [1.807, 2.05) is 20.8 Å². The number of nitrogens with zero attached hydrogens (tertiary/aromatic N) is 2. The summed E-state index contributed by atoms with van der Waals surface area (Å²) in [5.74, 6) is -0.0156. The molecule has 15 heavy (non-hydrogen) atoms. The number of aryl methyl sites for hydroxylation is 1. The van der Waals surface area contributed by atoms with Crippen molar-refractivity contribution in [2.24, 2.45) is 12.5 Å². The van der Waals surface area contributed by atoms with Gasteiger partial charge in [0.15, 0.2) is 5.78 Å². The lowest BCUT2D eigenvalue weighted by Gasteiger charge is -2.27. The zero-order valence-corrected chi connectivity index (χ0v) is 9.94. The minimum Gasteiger partial charge on any atom is -0.373 e. The van der Waals surface area contributed by atoms with Crippen LogP contribution in [-0.2, 0) is 11.8 Å². The van der Waals surface area contributed by atoms with Crippen LogP contribution in [0, 0.1) is 5.41 Å². The highest BCUT2D eigenvalue weighted by atomic mass is 16.5. The Morgan fingerprint density at radius 3 is 2.47 bits per heavy atom. The largest absolute Gasteiger partial charge is 0.373 e. The molecule has 4 heteroatoms. The molecule has 0 radical (unpaired) electrons. The summed E-state index contributed by atoms with van der Waals surface area (Å²) in [6, 6.07) is 0. The van der Waals surface area contributed by atoms with E-state index in [-0.39, 0.29) is 11.2 Å². The third-order valence-electron chi connectivity index (χ3n) is 2.25. The molecule has 1 rings (SSSR count). The van der Waals surface area contributed by atoms with E-state index in [4.69, 9.17) is 4.74 Å². The lowest BCUT2D eigenvalue weighted by atomic mass is 9.85. The minimum atomic E-state index is -0.429. The van der Waals surface area contributed by atoms with Gasteiger partial charge in [-0.3, -0.25) is 9.48 Å². The maximum atomic E-state index is 12.1. The predicted octanol–water partition coefficient (Wildman–Crippen LogP) is 1.66. The molecule has 0 aromatic carbocycles. The Hall–Kier alpha value is -1.16. The van der Waals surface area contributed by atoms with Crippen molar-refractivity contribution in [1.82, 2.24) is 9.78 Å². The summed E-state index contributed by atoms with van der Waals surface area (Å²) >= 11 is 0. The van der Waals surface area contributed by atoms with Gasteiger partial charge in [0.05, 0.1) is 11.8 Å². The van der Waals surface area contributed by atoms with Crippen LogP contribution in [0.15, 0.2) is 12.4 Å². The van der Waals surface area contributed by atoms with Crippen LogP contribution in [0.2, 0.25) is 0 Å².